The highest BCUT2D eigenvalue weighted by Crippen LogP contribution is 2.38. The van der Waals surface area contributed by atoms with Crippen LogP contribution in [0, 0.1) is 29.5 Å². The van der Waals surface area contributed by atoms with Crippen molar-refractivity contribution in [2.75, 3.05) is 36.2 Å². The van der Waals surface area contributed by atoms with Gasteiger partial charge in [0.15, 0.2) is 16.8 Å². The van der Waals surface area contributed by atoms with E-state index in [1.165, 1.54) is 37.4 Å². The van der Waals surface area contributed by atoms with Gasteiger partial charge in [0.2, 0.25) is 18.1 Å². The zero-order valence-corrected chi connectivity index (χ0v) is 21.2. The number of hydroxylamine groups is 2. The number of piperidine rings is 1. The third-order valence-electron chi connectivity index (χ3n) is 7.88. The fourth-order valence-corrected chi connectivity index (χ4v) is 6.36. The summed E-state index contributed by atoms with van der Waals surface area (Å²) >= 11 is 1.32. The first-order valence-electron chi connectivity index (χ1n) is 12.8. The lowest BCUT2D eigenvalue weighted by atomic mass is 9.75. The molecule has 2 amide bonds. The van der Waals surface area contributed by atoms with Crippen molar-refractivity contribution < 1.29 is 19.2 Å². The Morgan fingerprint density at radius 2 is 1.91 bits per heavy atom. The van der Waals surface area contributed by atoms with E-state index >= 15 is 4.39 Å². The van der Waals surface area contributed by atoms with Gasteiger partial charge in [-0.05, 0) is 43.3 Å². The van der Waals surface area contributed by atoms with Crippen molar-refractivity contribution in [1.82, 2.24) is 20.5 Å². The van der Waals surface area contributed by atoms with Crippen molar-refractivity contribution in [3.63, 3.8) is 0 Å². The van der Waals surface area contributed by atoms with E-state index in [4.69, 9.17) is 0 Å². The number of hydrazine groups is 1. The summed E-state index contributed by atoms with van der Waals surface area (Å²) in [7, 11) is 0. The van der Waals surface area contributed by atoms with E-state index in [0.717, 1.165) is 51.1 Å². The topological polar surface area (TPSA) is 111 Å². The first kappa shape index (κ1) is 25.9. The molecular weight excluding hydrogens is 471 g/mol. The summed E-state index contributed by atoms with van der Waals surface area (Å²) in [6.07, 6.45) is 13.0. The Labute approximate surface area is 210 Å². The van der Waals surface area contributed by atoms with Gasteiger partial charge in [0.1, 0.15) is 0 Å². The van der Waals surface area contributed by atoms with Gasteiger partial charge in [-0.1, -0.05) is 56.7 Å². The summed E-state index contributed by atoms with van der Waals surface area (Å²) < 4.78 is 15.6. The predicted octanol–water partition coefficient (Wildman–Crippen LogP) is 3.84. The van der Waals surface area contributed by atoms with Gasteiger partial charge in [0.05, 0.1) is 12.5 Å². The van der Waals surface area contributed by atoms with Crippen LogP contribution in [0.1, 0.15) is 64.2 Å². The van der Waals surface area contributed by atoms with Crippen LogP contribution < -0.4 is 15.8 Å². The molecule has 2 heterocycles. The molecule has 35 heavy (non-hydrogen) atoms. The predicted molar refractivity (Wildman–Crippen MR) is 132 cm³/mol. The standard InChI is InChI=1S/C24H37FN6O3S/c1-35-24-26-21(20(25)22(27-24)30-11-10-17-8-4-5-9-18(17)13-30)28-29-23(33)19(14-31(34)15-32)12-16-6-2-3-7-16/h15-19,34H,2-14H2,1H3,(H,29,33)(H,26,27,28)/t17?,18?,19-/m1/s1. The third kappa shape index (κ3) is 6.55. The van der Waals surface area contributed by atoms with Crippen LogP contribution in [0.5, 0.6) is 0 Å². The summed E-state index contributed by atoms with van der Waals surface area (Å²) in [6, 6.07) is 0. The lowest BCUT2D eigenvalue weighted by Gasteiger charge is -2.41. The highest BCUT2D eigenvalue weighted by Gasteiger charge is 2.33. The molecule has 0 aromatic carbocycles. The highest BCUT2D eigenvalue weighted by atomic mass is 32.2. The molecular formula is C24H37FN6O3S. The Morgan fingerprint density at radius 3 is 2.63 bits per heavy atom. The maximum absolute atomic E-state index is 15.6. The Hall–Kier alpha value is -2.14. The van der Waals surface area contributed by atoms with Gasteiger partial charge < -0.3 is 4.90 Å². The van der Waals surface area contributed by atoms with E-state index < -0.39 is 17.6 Å². The lowest BCUT2D eigenvalue weighted by molar-refractivity contribution is -0.154. The van der Waals surface area contributed by atoms with Gasteiger partial charge >= 0.3 is 0 Å². The number of carbonyl (C=O) groups excluding carboxylic acids is 2. The molecule has 11 heteroatoms. The molecule has 3 N–H and O–H groups in total. The number of anilines is 2. The quantitative estimate of drug-likeness (QED) is 0.144. The molecule has 0 spiro atoms. The number of nitrogens with one attached hydrogen (secondary N) is 2. The smallest absolute Gasteiger partial charge is 0.243 e. The molecule has 2 saturated carbocycles. The Balaban J connectivity index is 1.45. The average molecular weight is 509 g/mol. The number of fused-ring (bicyclic) bond motifs is 1. The molecule has 194 valence electrons. The van der Waals surface area contributed by atoms with Crippen LogP contribution in [0.3, 0.4) is 0 Å². The van der Waals surface area contributed by atoms with Gasteiger partial charge in [-0.25, -0.2) is 15.0 Å². The van der Waals surface area contributed by atoms with Crippen molar-refractivity contribution >= 4 is 35.7 Å². The molecule has 1 aromatic heterocycles. The summed E-state index contributed by atoms with van der Waals surface area (Å²) in [6.45, 7) is 1.44. The Morgan fingerprint density at radius 1 is 1.20 bits per heavy atom. The number of hydrogen-bond donors (Lipinski definition) is 3. The third-order valence-corrected chi connectivity index (χ3v) is 8.43. The molecule has 1 aliphatic heterocycles. The molecule has 0 radical (unpaired) electrons. The number of carbonyl (C=O) groups is 2. The first-order chi connectivity index (χ1) is 17.0. The fourth-order valence-electron chi connectivity index (χ4n) is 6.00. The highest BCUT2D eigenvalue weighted by molar-refractivity contribution is 7.98. The number of thioether (sulfide) groups is 1. The number of amides is 2. The van der Waals surface area contributed by atoms with Crippen LogP contribution in [0.2, 0.25) is 0 Å². The van der Waals surface area contributed by atoms with E-state index in [2.05, 4.69) is 20.8 Å². The second kappa shape index (κ2) is 12.2. The van der Waals surface area contributed by atoms with Crippen LogP contribution in [0.25, 0.3) is 0 Å². The van der Waals surface area contributed by atoms with Crippen molar-refractivity contribution in [2.45, 2.75) is 69.4 Å². The summed E-state index contributed by atoms with van der Waals surface area (Å²) in [5.74, 6) is 0.249. The summed E-state index contributed by atoms with van der Waals surface area (Å²) in [4.78, 5) is 34.6. The molecule has 3 fully saturated rings. The first-order valence-corrected chi connectivity index (χ1v) is 14.0. The minimum absolute atomic E-state index is 0.0747. The largest absolute Gasteiger partial charge is 0.354 e. The monoisotopic (exact) mass is 508 g/mol. The number of hydrogen-bond acceptors (Lipinski definition) is 8. The number of rotatable bonds is 10. The number of nitrogens with zero attached hydrogens (tertiary/aromatic N) is 4. The second-order valence-electron chi connectivity index (χ2n) is 10.2. The fraction of sp³-hybridized carbons (Fsp3) is 0.750. The Bertz CT molecular complexity index is 887. The van der Waals surface area contributed by atoms with Gasteiger partial charge in [0.25, 0.3) is 0 Å². The molecule has 2 aliphatic carbocycles. The molecule has 1 aromatic rings. The van der Waals surface area contributed by atoms with Crippen LogP contribution in [0.4, 0.5) is 16.0 Å². The van der Waals surface area contributed by atoms with Gasteiger partial charge in [0, 0.05) is 13.1 Å². The average Bonchev–Trinajstić information content (AvgIpc) is 3.40. The summed E-state index contributed by atoms with van der Waals surface area (Å²) in [5.41, 5.74) is 5.24. The van der Waals surface area contributed by atoms with Gasteiger partial charge in [-0.3, -0.25) is 25.6 Å². The van der Waals surface area contributed by atoms with E-state index in [9.17, 15) is 14.8 Å². The maximum Gasteiger partial charge on any atom is 0.243 e. The van der Waals surface area contributed by atoms with Crippen LogP contribution in [-0.4, -0.2) is 58.4 Å². The van der Waals surface area contributed by atoms with E-state index in [-0.39, 0.29) is 18.2 Å². The van der Waals surface area contributed by atoms with E-state index in [1.807, 2.05) is 11.2 Å². The molecule has 3 atom stereocenters. The van der Waals surface area contributed by atoms with Gasteiger partial charge in [-0.2, -0.15) is 4.39 Å². The number of halogens is 1. The molecule has 4 rings (SSSR count). The van der Waals surface area contributed by atoms with Crippen LogP contribution >= 0.6 is 11.8 Å². The number of aromatic nitrogens is 2. The van der Waals surface area contributed by atoms with Crippen LogP contribution in [-0.2, 0) is 9.59 Å². The van der Waals surface area contributed by atoms with Crippen molar-refractivity contribution in [1.29, 1.82) is 0 Å². The van der Waals surface area contributed by atoms with E-state index in [0.29, 0.717) is 34.9 Å². The zero-order valence-electron chi connectivity index (χ0n) is 20.4. The molecule has 9 nitrogen and oxygen atoms in total. The minimum atomic E-state index is -0.615. The van der Waals surface area contributed by atoms with Gasteiger partial charge in [-0.15, -0.1) is 0 Å². The molecule has 1 saturated heterocycles. The SMILES string of the molecule is CSc1nc(NNC(=O)[C@H](CC2CCCC2)CN(O)C=O)c(F)c(N2CCC3CCCCC3C2)n1. The molecule has 3 aliphatic rings. The van der Waals surface area contributed by atoms with Crippen molar-refractivity contribution in [3.05, 3.63) is 5.82 Å². The Kier molecular flexibility index (Phi) is 9.04. The summed E-state index contributed by atoms with van der Waals surface area (Å²) in [5, 5.41) is 10.6. The normalized spacial score (nSPS) is 23.5. The maximum atomic E-state index is 15.6. The van der Waals surface area contributed by atoms with Crippen LogP contribution in [0.15, 0.2) is 5.16 Å². The second-order valence-corrected chi connectivity index (χ2v) is 10.9. The van der Waals surface area contributed by atoms with Crippen molar-refractivity contribution in [3.8, 4) is 0 Å². The molecule has 2 unspecified atom stereocenters. The molecule has 0 bridgehead atoms. The zero-order chi connectivity index (χ0) is 24.8. The van der Waals surface area contributed by atoms with Crippen molar-refractivity contribution in [2.24, 2.45) is 23.7 Å². The minimum Gasteiger partial charge on any atom is -0.354 e. The van der Waals surface area contributed by atoms with E-state index in [1.54, 1.807) is 0 Å². The lowest BCUT2D eigenvalue weighted by Crippen LogP contribution is -2.43.